The second-order valence-electron chi connectivity index (χ2n) is 4.53. The van der Waals surface area contributed by atoms with Gasteiger partial charge >= 0.3 is 0 Å². The van der Waals surface area contributed by atoms with Gasteiger partial charge in [0.05, 0.1) is 6.04 Å². The lowest BCUT2D eigenvalue weighted by atomic mass is 10.0. The summed E-state index contributed by atoms with van der Waals surface area (Å²) in [5, 5.41) is 2.77. The van der Waals surface area contributed by atoms with E-state index in [9.17, 15) is 4.79 Å². The van der Waals surface area contributed by atoms with Gasteiger partial charge in [0.25, 0.3) is 0 Å². The Morgan fingerprint density at radius 2 is 1.82 bits per heavy atom. The maximum absolute atomic E-state index is 11.6. The average Bonchev–Trinajstić information content (AvgIpc) is 2.35. The summed E-state index contributed by atoms with van der Waals surface area (Å²) in [6, 6.07) is 9.01. The molecule has 94 valence electrons. The maximum atomic E-state index is 11.6. The van der Waals surface area contributed by atoms with Gasteiger partial charge in [-0.25, -0.2) is 0 Å². The molecule has 4 nitrogen and oxygen atoms in total. The van der Waals surface area contributed by atoms with Gasteiger partial charge in [0.2, 0.25) is 5.91 Å². The predicted octanol–water partition coefficient (Wildman–Crippen LogP) is 0.786. The van der Waals surface area contributed by atoms with Gasteiger partial charge in [-0.15, -0.1) is 0 Å². The zero-order valence-electron chi connectivity index (χ0n) is 10.4. The van der Waals surface area contributed by atoms with Gasteiger partial charge in [0.15, 0.2) is 0 Å². The molecule has 0 saturated carbocycles. The zero-order chi connectivity index (χ0) is 12.8. The highest BCUT2D eigenvalue weighted by atomic mass is 16.2. The van der Waals surface area contributed by atoms with Crippen LogP contribution in [0.1, 0.15) is 25.5 Å². The van der Waals surface area contributed by atoms with E-state index in [0.717, 1.165) is 5.56 Å². The first-order chi connectivity index (χ1) is 8.02. The second kappa shape index (κ2) is 6.37. The Labute approximate surface area is 102 Å². The van der Waals surface area contributed by atoms with Gasteiger partial charge in [-0.05, 0) is 11.5 Å². The molecule has 0 radical (unpaired) electrons. The van der Waals surface area contributed by atoms with Crippen LogP contribution in [0, 0.1) is 5.92 Å². The van der Waals surface area contributed by atoms with Crippen molar-refractivity contribution in [2.75, 3.05) is 6.54 Å². The van der Waals surface area contributed by atoms with Crippen LogP contribution in [0.3, 0.4) is 0 Å². The number of hydrogen-bond acceptors (Lipinski definition) is 3. The molecule has 0 aliphatic heterocycles. The monoisotopic (exact) mass is 235 g/mol. The summed E-state index contributed by atoms with van der Waals surface area (Å²) in [5.74, 6) is -0.0191. The third kappa shape index (κ3) is 4.17. The van der Waals surface area contributed by atoms with Gasteiger partial charge in [-0.1, -0.05) is 44.2 Å². The Morgan fingerprint density at radius 1 is 1.24 bits per heavy atom. The summed E-state index contributed by atoms with van der Waals surface area (Å²) in [7, 11) is 0. The van der Waals surface area contributed by atoms with Crippen LogP contribution in [0.4, 0.5) is 0 Å². The van der Waals surface area contributed by atoms with Crippen molar-refractivity contribution in [3.63, 3.8) is 0 Å². The van der Waals surface area contributed by atoms with Crippen LogP contribution in [-0.2, 0) is 4.79 Å². The lowest BCUT2D eigenvalue weighted by molar-refractivity contribution is -0.123. The molecule has 0 bridgehead atoms. The first kappa shape index (κ1) is 13.7. The lowest BCUT2D eigenvalue weighted by Crippen LogP contribution is -2.45. The van der Waals surface area contributed by atoms with Gasteiger partial charge in [0, 0.05) is 12.6 Å². The van der Waals surface area contributed by atoms with Crippen molar-refractivity contribution in [1.29, 1.82) is 0 Å². The number of rotatable bonds is 5. The van der Waals surface area contributed by atoms with Gasteiger partial charge < -0.3 is 16.8 Å². The van der Waals surface area contributed by atoms with Crippen molar-refractivity contribution >= 4 is 5.91 Å². The standard InChI is InChI=1S/C13H21N3O/c1-9(2)12(15)13(17)16-8-11(14)10-6-4-3-5-7-10/h3-7,9,11-12H,8,14-15H2,1-2H3,(H,16,17)/t11?,12-/m0/s1. The summed E-state index contributed by atoms with van der Waals surface area (Å²) >= 11 is 0. The minimum Gasteiger partial charge on any atom is -0.353 e. The zero-order valence-corrected chi connectivity index (χ0v) is 10.4. The summed E-state index contributed by atoms with van der Waals surface area (Å²) < 4.78 is 0. The molecule has 0 aliphatic rings. The van der Waals surface area contributed by atoms with Crippen molar-refractivity contribution in [2.24, 2.45) is 17.4 Å². The molecule has 0 saturated heterocycles. The Morgan fingerprint density at radius 3 is 2.35 bits per heavy atom. The molecule has 0 aromatic heterocycles. The predicted molar refractivity (Wildman–Crippen MR) is 69.2 cm³/mol. The molecular weight excluding hydrogens is 214 g/mol. The molecule has 1 aromatic carbocycles. The number of carbonyl (C=O) groups is 1. The van der Waals surface area contributed by atoms with Gasteiger partial charge in [-0.2, -0.15) is 0 Å². The number of hydrogen-bond donors (Lipinski definition) is 3. The lowest BCUT2D eigenvalue weighted by Gasteiger charge is -2.18. The van der Waals surface area contributed by atoms with E-state index in [4.69, 9.17) is 11.5 Å². The molecule has 17 heavy (non-hydrogen) atoms. The average molecular weight is 235 g/mol. The second-order valence-corrected chi connectivity index (χ2v) is 4.53. The van der Waals surface area contributed by atoms with E-state index in [1.165, 1.54) is 0 Å². The van der Waals surface area contributed by atoms with Crippen LogP contribution in [0.2, 0.25) is 0 Å². The van der Waals surface area contributed by atoms with Crippen molar-refractivity contribution in [2.45, 2.75) is 25.9 Å². The molecular formula is C13H21N3O. The van der Waals surface area contributed by atoms with Crippen LogP contribution in [-0.4, -0.2) is 18.5 Å². The van der Waals surface area contributed by atoms with Crippen LogP contribution in [0.25, 0.3) is 0 Å². The summed E-state index contributed by atoms with van der Waals surface area (Å²) in [6.45, 7) is 4.24. The Hall–Kier alpha value is -1.39. The van der Waals surface area contributed by atoms with E-state index in [2.05, 4.69) is 5.32 Å². The largest absolute Gasteiger partial charge is 0.353 e. The van der Waals surface area contributed by atoms with Crippen LogP contribution < -0.4 is 16.8 Å². The van der Waals surface area contributed by atoms with Crippen LogP contribution in [0.5, 0.6) is 0 Å². The highest BCUT2D eigenvalue weighted by Gasteiger charge is 2.17. The van der Waals surface area contributed by atoms with E-state index < -0.39 is 6.04 Å². The van der Waals surface area contributed by atoms with Gasteiger partial charge in [-0.3, -0.25) is 4.79 Å². The summed E-state index contributed by atoms with van der Waals surface area (Å²) in [6.07, 6.45) is 0. The molecule has 1 amide bonds. The Balaban J connectivity index is 2.44. The molecule has 5 N–H and O–H groups in total. The van der Waals surface area contributed by atoms with Crippen LogP contribution >= 0.6 is 0 Å². The molecule has 4 heteroatoms. The first-order valence-corrected chi connectivity index (χ1v) is 5.86. The number of benzene rings is 1. The van der Waals surface area contributed by atoms with E-state index >= 15 is 0 Å². The number of amides is 1. The Kier molecular flexibility index (Phi) is 5.12. The normalized spacial score (nSPS) is 14.4. The molecule has 0 heterocycles. The molecule has 1 rings (SSSR count). The number of nitrogens with two attached hydrogens (primary N) is 2. The van der Waals surface area contributed by atoms with E-state index in [1.807, 2.05) is 44.2 Å². The molecule has 0 fully saturated rings. The van der Waals surface area contributed by atoms with Crippen molar-refractivity contribution in [3.05, 3.63) is 35.9 Å². The molecule has 0 aliphatic carbocycles. The van der Waals surface area contributed by atoms with Crippen molar-refractivity contribution in [3.8, 4) is 0 Å². The fourth-order valence-corrected chi connectivity index (χ4v) is 1.45. The number of carbonyl (C=O) groups excluding carboxylic acids is 1. The van der Waals surface area contributed by atoms with Crippen LogP contribution in [0.15, 0.2) is 30.3 Å². The van der Waals surface area contributed by atoms with E-state index in [1.54, 1.807) is 0 Å². The number of nitrogens with one attached hydrogen (secondary N) is 1. The van der Waals surface area contributed by atoms with Crippen molar-refractivity contribution in [1.82, 2.24) is 5.32 Å². The quantitative estimate of drug-likeness (QED) is 0.705. The molecule has 2 atom stereocenters. The van der Waals surface area contributed by atoms with E-state index in [0.29, 0.717) is 6.54 Å². The molecule has 1 aromatic rings. The minimum atomic E-state index is -0.474. The third-order valence-electron chi connectivity index (χ3n) is 2.74. The first-order valence-electron chi connectivity index (χ1n) is 5.86. The highest BCUT2D eigenvalue weighted by molar-refractivity contribution is 5.81. The molecule has 1 unspecified atom stereocenters. The maximum Gasteiger partial charge on any atom is 0.237 e. The smallest absolute Gasteiger partial charge is 0.237 e. The minimum absolute atomic E-state index is 0.128. The summed E-state index contributed by atoms with van der Waals surface area (Å²) in [5.41, 5.74) is 12.7. The van der Waals surface area contributed by atoms with E-state index in [-0.39, 0.29) is 17.9 Å². The topological polar surface area (TPSA) is 81.1 Å². The highest BCUT2D eigenvalue weighted by Crippen LogP contribution is 2.08. The van der Waals surface area contributed by atoms with Gasteiger partial charge in [0.1, 0.15) is 0 Å². The SMILES string of the molecule is CC(C)[C@H](N)C(=O)NCC(N)c1ccccc1. The molecule has 0 spiro atoms. The Bertz CT molecular complexity index is 351. The fraction of sp³-hybridized carbons (Fsp3) is 0.462. The third-order valence-corrected chi connectivity index (χ3v) is 2.74. The fourth-order valence-electron chi connectivity index (χ4n) is 1.45. The summed E-state index contributed by atoms with van der Waals surface area (Å²) in [4.78, 5) is 11.6. The van der Waals surface area contributed by atoms with Crippen molar-refractivity contribution < 1.29 is 4.79 Å².